The summed E-state index contributed by atoms with van der Waals surface area (Å²) >= 11 is 5.77. The van der Waals surface area contributed by atoms with Crippen molar-refractivity contribution in [1.29, 1.82) is 0 Å². The monoisotopic (exact) mass is 307 g/mol. The van der Waals surface area contributed by atoms with Crippen LogP contribution >= 0.6 is 11.6 Å². The maximum atomic E-state index is 13.2. The van der Waals surface area contributed by atoms with Gasteiger partial charge in [-0.3, -0.25) is 0 Å². The van der Waals surface area contributed by atoms with Gasteiger partial charge in [-0.1, -0.05) is 30.7 Å². The summed E-state index contributed by atoms with van der Waals surface area (Å²) in [6.07, 6.45) is 1.73. The third-order valence-corrected chi connectivity index (χ3v) is 3.68. The first-order chi connectivity index (χ1) is 9.99. The van der Waals surface area contributed by atoms with Gasteiger partial charge in [0, 0.05) is 12.1 Å². The van der Waals surface area contributed by atoms with E-state index in [1.54, 1.807) is 6.07 Å². The van der Waals surface area contributed by atoms with E-state index in [0.717, 1.165) is 29.7 Å². The summed E-state index contributed by atoms with van der Waals surface area (Å²) in [6, 6.07) is 10.5. The molecule has 0 saturated heterocycles. The Kier molecular flexibility index (Phi) is 5.21. The van der Waals surface area contributed by atoms with Gasteiger partial charge in [-0.05, 0) is 49.1 Å². The molecule has 2 nitrogen and oxygen atoms in total. The highest BCUT2D eigenvalue weighted by atomic mass is 35.5. The van der Waals surface area contributed by atoms with E-state index in [-0.39, 0.29) is 11.1 Å². The van der Waals surface area contributed by atoms with Gasteiger partial charge in [-0.2, -0.15) is 0 Å². The molecule has 4 heteroatoms. The highest BCUT2D eigenvalue weighted by Gasteiger charge is 2.08. The van der Waals surface area contributed by atoms with Gasteiger partial charge in [0.2, 0.25) is 0 Å². The summed E-state index contributed by atoms with van der Waals surface area (Å²) < 4.78 is 19.0. The van der Waals surface area contributed by atoms with Crippen molar-refractivity contribution in [2.24, 2.45) is 5.73 Å². The van der Waals surface area contributed by atoms with Crippen LogP contribution < -0.4 is 10.5 Å². The summed E-state index contributed by atoms with van der Waals surface area (Å²) in [5, 5.41) is 0.0503. The second-order valence-corrected chi connectivity index (χ2v) is 5.56. The van der Waals surface area contributed by atoms with Crippen LogP contribution in [0.2, 0.25) is 5.02 Å². The molecule has 0 spiro atoms. The van der Waals surface area contributed by atoms with Crippen LogP contribution in [-0.2, 0) is 6.42 Å². The van der Waals surface area contributed by atoms with Crippen molar-refractivity contribution in [2.75, 3.05) is 0 Å². The number of aryl methyl sites for hydroxylation is 1. The lowest BCUT2D eigenvalue weighted by Gasteiger charge is -2.13. The molecule has 1 unspecified atom stereocenters. The number of benzene rings is 2. The number of rotatable bonds is 5. The Balaban J connectivity index is 2.22. The number of halogens is 2. The number of ether oxygens (including phenoxy) is 1. The lowest BCUT2D eigenvalue weighted by molar-refractivity contribution is 0.476. The summed E-state index contributed by atoms with van der Waals surface area (Å²) in [4.78, 5) is 0. The zero-order chi connectivity index (χ0) is 15.4. The van der Waals surface area contributed by atoms with Crippen LogP contribution in [0, 0.1) is 12.7 Å². The van der Waals surface area contributed by atoms with Crippen molar-refractivity contribution in [2.45, 2.75) is 32.7 Å². The molecule has 0 radical (unpaired) electrons. The molecule has 0 bridgehead atoms. The van der Waals surface area contributed by atoms with Gasteiger partial charge < -0.3 is 10.5 Å². The maximum absolute atomic E-state index is 13.2. The van der Waals surface area contributed by atoms with Crippen LogP contribution in [0.1, 0.15) is 24.5 Å². The van der Waals surface area contributed by atoms with Gasteiger partial charge in [0.05, 0.1) is 5.02 Å². The maximum Gasteiger partial charge on any atom is 0.142 e. The fourth-order valence-electron chi connectivity index (χ4n) is 2.00. The predicted molar refractivity (Wildman–Crippen MR) is 84.6 cm³/mol. The van der Waals surface area contributed by atoms with Gasteiger partial charge in [0.15, 0.2) is 0 Å². The largest absolute Gasteiger partial charge is 0.457 e. The van der Waals surface area contributed by atoms with Gasteiger partial charge in [-0.25, -0.2) is 4.39 Å². The van der Waals surface area contributed by atoms with Crippen molar-refractivity contribution in [3.63, 3.8) is 0 Å². The fraction of sp³-hybridized carbons (Fsp3) is 0.294. The Hall–Kier alpha value is -1.58. The predicted octanol–water partition coefficient (Wildman–Crippen LogP) is 4.86. The van der Waals surface area contributed by atoms with E-state index in [1.807, 2.05) is 19.1 Å². The highest BCUT2D eigenvalue weighted by molar-refractivity contribution is 6.30. The van der Waals surface area contributed by atoms with E-state index >= 15 is 0 Å². The SMILES string of the molecule is CCC(N)Cc1ccc(C)c(Oc2ccc(F)c(Cl)c2)c1. The van der Waals surface area contributed by atoms with Crippen LogP contribution in [0.3, 0.4) is 0 Å². The quantitative estimate of drug-likeness (QED) is 0.856. The molecule has 0 fully saturated rings. The first-order valence-corrected chi connectivity index (χ1v) is 7.35. The molecule has 0 aliphatic rings. The van der Waals surface area contributed by atoms with Crippen LogP contribution in [0.25, 0.3) is 0 Å². The Morgan fingerprint density at radius 2 is 2.00 bits per heavy atom. The molecular weight excluding hydrogens is 289 g/mol. The molecule has 0 saturated carbocycles. The van der Waals surface area contributed by atoms with E-state index in [1.165, 1.54) is 12.1 Å². The molecule has 2 aromatic rings. The van der Waals surface area contributed by atoms with Gasteiger partial charge in [0.1, 0.15) is 17.3 Å². The molecule has 2 aromatic carbocycles. The summed E-state index contributed by atoms with van der Waals surface area (Å²) in [5.41, 5.74) is 8.11. The van der Waals surface area contributed by atoms with Crippen LogP contribution in [-0.4, -0.2) is 6.04 Å². The van der Waals surface area contributed by atoms with Crippen molar-refractivity contribution in [3.8, 4) is 11.5 Å². The van der Waals surface area contributed by atoms with Gasteiger partial charge >= 0.3 is 0 Å². The first-order valence-electron chi connectivity index (χ1n) is 6.97. The van der Waals surface area contributed by atoms with Crippen molar-refractivity contribution in [1.82, 2.24) is 0 Å². The fourth-order valence-corrected chi connectivity index (χ4v) is 2.17. The smallest absolute Gasteiger partial charge is 0.142 e. The second-order valence-electron chi connectivity index (χ2n) is 5.15. The van der Waals surface area contributed by atoms with E-state index < -0.39 is 5.82 Å². The zero-order valence-electron chi connectivity index (χ0n) is 12.2. The molecule has 2 N–H and O–H groups in total. The van der Waals surface area contributed by atoms with Gasteiger partial charge in [0.25, 0.3) is 0 Å². The number of hydrogen-bond acceptors (Lipinski definition) is 2. The molecular formula is C17H19ClFNO. The van der Waals surface area contributed by atoms with E-state index in [9.17, 15) is 4.39 Å². The van der Waals surface area contributed by atoms with Crippen molar-refractivity contribution in [3.05, 3.63) is 58.4 Å². The van der Waals surface area contributed by atoms with Crippen LogP contribution in [0.15, 0.2) is 36.4 Å². The lowest BCUT2D eigenvalue weighted by Crippen LogP contribution is -2.21. The Morgan fingerprint density at radius 3 is 2.67 bits per heavy atom. The molecule has 0 heterocycles. The molecule has 1 atom stereocenters. The Labute approximate surface area is 129 Å². The first kappa shape index (κ1) is 15.8. The van der Waals surface area contributed by atoms with Crippen molar-refractivity contribution < 1.29 is 9.13 Å². The second kappa shape index (κ2) is 6.92. The molecule has 0 aromatic heterocycles. The standard InChI is InChI=1S/C17H19ClFNO/c1-3-13(20)8-12-5-4-11(2)17(9-12)21-14-6-7-16(19)15(18)10-14/h4-7,9-10,13H,3,8,20H2,1-2H3. The van der Waals surface area contributed by atoms with E-state index in [4.69, 9.17) is 22.1 Å². The molecule has 0 aliphatic heterocycles. The topological polar surface area (TPSA) is 35.2 Å². The minimum Gasteiger partial charge on any atom is -0.457 e. The third kappa shape index (κ3) is 4.19. The average Bonchev–Trinajstić information content (AvgIpc) is 2.46. The zero-order valence-corrected chi connectivity index (χ0v) is 13.0. The molecule has 0 amide bonds. The normalized spacial score (nSPS) is 12.2. The van der Waals surface area contributed by atoms with Crippen molar-refractivity contribution >= 4 is 11.6 Å². The highest BCUT2D eigenvalue weighted by Crippen LogP contribution is 2.29. The molecule has 0 aliphatic carbocycles. The van der Waals surface area contributed by atoms with Crippen LogP contribution in [0.4, 0.5) is 4.39 Å². The number of hydrogen-bond donors (Lipinski definition) is 1. The van der Waals surface area contributed by atoms with Crippen LogP contribution in [0.5, 0.6) is 11.5 Å². The van der Waals surface area contributed by atoms with Gasteiger partial charge in [-0.15, -0.1) is 0 Å². The number of nitrogens with two attached hydrogens (primary N) is 1. The minimum atomic E-state index is -0.455. The third-order valence-electron chi connectivity index (χ3n) is 3.39. The Bertz CT molecular complexity index is 630. The average molecular weight is 308 g/mol. The summed E-state index contributed by atoms with van der Waals surface area (Å²) in [7, 11) is 0. The molecule has 2 rings (SSSR count). The lowest BCUT2D eigenvalue weighted by atomic mass is 10.0. The summed E-state index contributed by atoms with van der Waals surface area (Å²) in [6.45, 7) is 4.03. The minimum absolute atomic E-state index is 0.0503. The summed E-state index contributed by atoms with van der Waals surface area (Å²) in [5.74, 6) is 0.795. The van der Waals surface area contributed by atoms with E-state index in [2.05, 4.69) is 13.0 Å². The Morgan fingerprint density at radius 1 is 1.24 bits per heavy atom. The molecule has 21 heavy (non-hydrogen) atoms. The van der Waals surface area contributed by atoms with E-state index in [0.29, 0.717) is 5.75 Å². The molecule has 112 valence electrons.